The number of aliphatic hydroxyl groups is 1. The summed E-state index contributed by atoms with van der Waals surface area (Å²) >= 11 is 0. The van der Waals surface area contributed by atoms with E-state index in [0.29, 0.717) is 13.0 Å². The third kappa shape index (κ3) is 2.41. The van der Waals surface area contributed by atoms with Crippen LogP contribution in [0.25, 0.3) is 11.0 Å². The van der Waals surface area contributed by atoms with E-state index in [0.717, 1.165) is 28.2 Å². The topological polar surface area (TPSA) is 74.3 Å². The molecule has 0 spiro atoms. The number of rotatable bonds is 3. The molecule has 0 saturated carbocycles. The predicted octanol–water partition coefficient (Wildman–Crippen LogP) is 2.28. The first-order valence-electron chi connectivity index (χ1n) is 7.63. The van der Waals surface area contributed by atoms with Gasteiger partial charge < -0.3 is 19.7 Å². The molecule has 6 heteroatoms. The van der Waals surface area contributed by atoms with Crippen molar-refractivity contribution in [3.63, 3.8) is 0 Å². The largest absolute Gasteiger partial charge is 0.497 e. The number of nitrogens with one attached hydrogen (secondary N) is 1. The fraction of sp³-hybridized carbons (Fsp3) is 0.294. The molecule has 118 valence electrons. The quantitative estimate of drug-likeness (QED) is 0.776. The number of hydrogen-bond acceptors (Lipinski definition) is 5. The van der Waals surface area contributed by atoms with Crippen molar-refractivity contribution in [1.29, 1.82) is 0 Å². The summed E-state index contributed by atoms with van der Waals surface area (Å²) in [5, 5.41) is 11.2. The fourth-order valence-electron chi connectivity index (χ4n) is 3.30. The Morgan fingerprint density at radius 2 is 2.22 bits per heavy atom. The van der Waals surface area contributed by atoms with Crippen LogP contribution in [0, 0.1) is 0 Å². The highest BCUT2D eigenvalue weighted by Crippen LogP contribution is 2.38. The molecule has 1 fully saturated rings. The average molecular weight is 310 g/mol. The molecular weight excluding hydrogens is 292 g/mol. The smallest absolute Gasteiger partial charge is 0.142 e. The van der Waals surface area contributed by atoms with Crippen molar-refractivity contribution in [3.05, 3.63) is 48.4 Å². The van der Waals surface area contributed by atoms with Crippen molar-refractivity contribution in [2.24, 2.45) is 0 Å². The molecule has 0 aliphatic carbocycles. The van der Waals surface area contributed by atoms with Gasteiger partial charge in [-0.1, -0.05) is 12.1 Å². The molecule has 4 rings (SSSR count). The third-order valence-corrected chi connectivity index (χ3v) is 4.36. The zero-order valence-electron chi connectivity index (χ0n) is 12.8. The first-order chi connectivity index (χ1) is 11.3. The van der Waals surface area contributed by atoms with E-state index in [1.54, 1.807) is 13.4 Å². The van der Waals surface area contributed by atoms with Crippen LogP contribution in [0.2, 0.25) is 0 Å². The lowest BCUT2D eigenvalue weighted by Crippen LogP contribution is -2.25. The SMILES string of the molecule is COc1cccc([C@H]2C[C@H](O)CN2c2ncnc3[nH]ccc23)c1. The van der Waals surface area contributed by atoms with Crippen LogP contribution < -0.4 is 9.64 Å². The van der Waals surface area contributed by atoms with Gasteiger partial charge in [0.25, 0.3) is 0 Å². The van der Waals surface area contributed by atoms with Crippen LogP contribution in [0.1, 0.15) is 18.0 Å². The summed E-state index contributed by atoms with van der Waals surface area (Å²) < 4.78 is 5.33. The summed E-state index contributed by atoms with van der Waals surface area (Å²) in [5.74, 6) is 1.67. The van der Waals surface area contributed by atoms with E-state index in [-0.39, 0.29) is 12.1 Å². The number of aromatic amines is 1. The van der Waals surface area contributed by atoms with Gasteiger partial charge in [-0.05, 0) is 30.2 Å². The van der Waals surface area contributed by atoms with Crippen molar-refractivity contribution in [2.45, 2.75) is 18.6 Å². The van der Waals surface area contributed by atoms with Crippen molar-refractivity contribution in [1.82, 2.24) is 15.0 Å². The molecule has 1 aliphatic rings. The van der Waals surface area contributed by atoms with Gasteiger partial charge in [0.1, 0.15) is 23.5 Å². The average Bonchev–Trinajstić information content (AvgIpc) is 3.21. The zero-order valence-corrected chi connectivity index (χ0v) is 12.8. The second-order valence-electron chi connectivity index (χ2n) is 5.77. The van der Waals surface area contributed by atoms with Crippen LogP contribution in [0.5, 0.6) is 5.75 Å². The number of H-pyrrole nitrogens is 1. The Kier molecular flexibility index (Phi) is 3.38. The van der Waals surface area contributed by atoms with Crippen molar-refractivity contribution in [3.8, 4) is 5.75 Å². The molecule has 2 atom stereocenters. The third-order valence-electron chi connectivity index (χ3n) is 4.36. The molecule has 2 N–H and O–H groups in total. The Morgan fingerprint density at radius 1 is 1.30 bits per heavy atom. The molecule has 2 aromatic heterocycles. The molecule has 23 heavy (non-hydrogen) atoms. The Morgan fingerprint density at radius 3 is 3.09 bits per heavy atom. The summed E-state index contributed by atoms with van der Waals surface area (Å²) in [6, 6.07) is 10.0. The number of nitrogens with zero attached hydrogens (tertiary/aromatic N) is 3. The predicted molar refractivity (Wildman–Crippen MR) is 87.6 cm³/mol. The fourth-order valence-corrected chi connectivity index (χ4v) is 3.30. The van der Waals surface area contributed by atoms with Crippen LogP contribution in [-0.2, 0) is 0 Å². The van der Waals surface area contributed by atoms with E-state index in [9.17, 15) is 5.11 Å². The van der Waals surface area contributed by atoms with E-state index in [4.69, 9.17) is 4.74 Å². The maximum Gasteiger partial charge on any atom is 0.142 e. The maximum atomic E-state index is 10.2. The zero-order chi connectivity index (χ0) is 15.8. The standard InChI is InChI=1S/C17H18N4O2/c1-23-13-4-2-3-11(7-13)15-8-12(22)9-21(15)17-14-5-6-18-16(14)19-10-20-17/h2-7,10,12,15,22H,8-9H2,1H3,(H,18,19,20)/t12-,15+/m0/s1. The number of methoxy groups -OCH3 is 1. The van der Waals surface area contributed by atoms with Gasteiger partial charge in [0.05, 0.1) is 24.6 Å². The lowest BCUT2D eigenvalue weighted by atomic mass is 10.0. The number of hydrogen-bond donors (Lipinski definition) is 2. The molecule has 3 aromatic rings. The summed E-state index contributed by atoms with van der Waals surface area (Å²) in [6.45, 7) is 0.555. The molecule has 0 bridgehead atoms. The van der Waals surface area contributed by atoms with Gasteiger partial charge in [0, 0.05) is 12.7 Å². The van der Waals surface area contributed by atoms with Gasteiger partial charge in [0.15, 0.2) is 0 Å². The van der Waals surface area contributed by atoms with E-state index < -0.39 is 0 Å². The molecule has 0 amide bonds. The van der Waals surface area contributed by atoms with Crippen LogP contribution in [0.15, 0.2) is 42.9 Å². The number of ether oxygens (including phenoxy) is 1. The Labute approximate surface area is 133 Å². The first-order valence-corrected chi connectivity index (χ1v) is 7.63. The van der Waals surface area contributed by atoms with Crippen LogP contribution >= 0.6 is 0 Å². The molecule has 0 radical (unpaired) electrons. The van der Waals surface area contributed by atoms with Crippen LogP contribution in [0.3, 0.4) is 0 Å². The summed E-state index contributed by atoms with van der Waals surface area (Å²) in [5.41, 5.74) is 1.92. The van der Waals surface area contributed by atoms with E-state index in [1.807, 2.05) is 30.5 Å². The van der Waals surface area contributed by atoms with E-state index in [1.165, 1.54) is 0 Å². The van der Waals surface area contributed by atoms with E-state index >= 15 is 0 Å². The number of anilines is 1. The second kappa shape index (κ2) is 5.55. The van der Waals surface area contributed by atoms with Gasteiger partial charge >= 0.3 is 0 Å². The number of aliphatic hydroxyl groups excluding tert-OH is 1. The molecule has 6 nitrogen and oxygen atoms in total. The van der Waals surface area contributed by atoms with Crippen LogP contribution in [0.4, 0.5) is 5.82 Å². The minimum Gasteiger partial charge on any atom is -0.497 e. The van der Waals surface area contributed by atoms with Crippen LogP contribution in [-0.4, -0.2) is 39.8 Å². The first kappa shape index (κ1) is 14.0. The van der Waals surface area contributed by atoms with Gasteiger partial charge in [-0.2, -0.15) is 0 Å². The maximum absolute atomic E-state index is 10.2. The summed E-state index contributed by atoms with van der Waals surface area (Å²) in [7, 11) is 1.66. The minimum absolute atomic E-state index is 0.0631. The highest BCUT2D eigenvalue weighted by atomic mass is 16.5. The Hall–Kier alpha value is -2.60. The molecular formula is C17H18N4O2. The van der Waals surface area contributed by atoms with Crippen molar-refractivity contribution < 1.29 is 9.84 Å². The minimum atomic E-state index is -0.379. The molecule has 3 heterocycles. The molecule has 0 unspecified atom stereocenters. The van der Waals surface area contributed by atoms with Gasteiger partial charge in [-0.25, -0.2) is 9.97 Å². The number of benzene rings is 1. The molecule has 1 aromatic carbocycles. The van der Waals surface area contributed by atoms with E-state index in [2.05, 4.69) is 25.9 Å². The summed E-state index contributed by atoms with van der Waals surface area (Å²) in [4.78, 5) is 14.0. The monoisotopic (exact) mass is 310 g/mol. The lowest BCUT2D eigenvalue weighted by molar-refractivity contribution is 0.194. The van der Waals surface area contributed by atoms with Gasteiger partial charge in [0.2, 0.25) is 0 Å². The number of fused-ring (bicyclic) bond motifs is 1. The summed E-state index contributed by atoms with van der Waals surface area (Å²) in [6.07, 6.45) is 3.70. The number of β-amino-alcohol motifs (C(OH)–C–C–N with tert-alkyl or cyclic N) is 1. The van der Waals surface area contributed by atoms with Gasteiger partial charge in [-0.15, -0.1) is 0 Å². The van der Waals surface area contributed by atoms with Gasteiger partial charge in [-0.3, -0.25) is 0 Å². The number of aromatic nitrogens is 3. The lowest BCUT2D eigenvalue weighted by Gasteiger charge is -2.26. The molecule has 1 aliphatic heterocycles. The highest BCUT2D eigenvalue weighted by molar-refractivity contribution is 5.87. The highest BCUT2D eigenvalue weighted by Gasteiger charge is 2.34. The second-order valence-corrected chi connectivity index (χ2v) is 5.77. The van der Waals surface area contributed by atoms with Crippen molar-refractivity contribution in [2.75, 3.05) is 18.6 Å². The Bertz CT molecular complexity index is 832. The normalized spacial score (nSPS) is 21.0. The molecule has 1 saturated heterocycles. The van der Waals surface area contributed by atoms with Crippen molar-refractivity contribution >= 4 is 16.9 Å². The Balaban J connectivity index is 1.78.